The third kappa shape index (κ3) is 4.54. The molecule has 2 aromatic rings. The molecule has 2 aromatic carbocycles. The molecule has 0 aliphatic carbocycles. The summed E-state index contributed by atoms with van der Waals surface area (Å²) >= 11 is 0. The van der Waals surface area contributed by atoms with Gasteiger partial charge < -0.3 is 9.57 Å². The molecular weight excluding hydrogens is 363 g/mol. The lowest BCUT2D eigenvalue weighted by Gasteiger charge is -2.20. The molecule has 0 bridgehead atoms. The number of benzene rings is 2. The fourth-order valence-corrected chi connectivity index (χ4v) is 3.14. The molecule has 6 nitrogen and oxygen atoms in total. The zero-order valence-corrected chi connectivity index (χ0v) is 15.5. The predicted octanol–water partition coefficient (Wildman–Crippen LogP) is 4.07. The molecule has 3 rings (SSSR count). The van der Waals surface area contributed by atoms with Gasteiger partial charge in [0.15, 0.2) is 0 Å². The standard InChI is InChI=1S/C21H21FN2O4/c1-27-23-18(15-10-12-17(22)13-11-15)8-5-9-20(25)24-19(14-28-21(24)26)16-6-3-2-4-7-16/h2-4,6-7,10-13,19H,5,8-9,14H2,1H3/t19-/m1/s1. The highest BCUT2D eigenvalue weighted by molar-refractivity contribution is 6.00. The molecule has 2 amide bonds. The van der Waals surface area contributed by atoms with Gasteiger partial charge in [0.2, 0.25) is 5.91 Å². The van der Waals surface area contributed by atoms with Crippen LogP contribution < -0.4 is 0 Å². The van der Waals surface area contributed by atoms with Crippen molar-refractivity contribution in [1.82, 2.24) is 4.90 Å². The molecule has 7 heteroatoms. The van der Waals surface area contributed by atoms with Crippen LogP contribution in [0.15, 0.2) is 59.8 Å². The second kappa shape index (κ2) is 9.12. The van der Waals surface area contributed by atoms with Crippen LogP contribution in [-0.4, -0.2) is 36.3 Å². The minimum atomic E-state index is -0.622. The molecule has 1 saturated heterocycles. The third-order valence-electron chi connectivity index (χ3n) is 4.51. The number of carbonyl (C=O) groups excluding carboxylic acids is 2. The maximum Gasteiger partial charge on any atom is 0.417 e. The quantitative estimate of drug-likeness (QED) is 0.533. The van der Waals surface area contributed by atoms with E-state index in [0.29, 0.717) is 18.6 Å². The van der Waals surface area contributed by atoms with Gasteiger partial charge in [0, 0.05) is 6.42 Å². The summed E-state index contributed by atoms with van der Waals surface area (Å²) in [6.45, 7) is 0.153. The number of halogens is 1. The summed E-state index contributed by atoms with van der Waals surface area (Å²) in [7, 11) is 1.43. The molecule has 1 fully saturated rings. The van der Waals surface area contributed by atoms with Crippen LogP contribution in [0.3, 0.4) is 0 Å². The largest absolute Gasteiger partial charge is 0.446 e. The van der Waals surface area contributed by atoms with Crippen LogP contribution in [0.1, 0.15) is 36.4 Å². The molecule has 0 saturated carbocycles. The zero-order valence-electron chi connectivity index (χ0n) is 15.5. The number of hydrogen-bond donors (Lipinski definition) is 0. The molecule has 0 unspecified atom stereocenters. The van der Waals surface area contributed by atoms with E-state index in [2.05, 4.69) is 5.16 Å². The van der Waals surface area contributed by atoms with Crippen molar-refractivity contribution in [3.63, 3.8) is 0 Å². The van der Waals surface area contributed by atoms with Crippen LogP contribution in [0, 0.1) is 5.82 Å². The van der Waals surface area contributed by atoms with E-state index in [0.717, 1.165) is 11.1 Å². The minimum Gasteiger partial charge on any atom is -0.446 e. The van der Waals surface area contributed by atoms with Crippen LogP contribution in [-0.2, 0) is 14.4 Å². The van der Waals surface area contributed by atoms with Gasteiger partial charge in [-0.2, -0.15) is 0 Å². The van der Waals surface area contributed by atoms with Crippen molar-refractivity contribution < 1.29 is 23.6 Å². The molecule has 0 radical (unpaired) electrons. The Bertz CT molecular complexity index is 852. The Morgan fingerprint density at radius 3 is 2.57 bits per heavy atom. The Morgan fingerprint density at radius 2 is 1.89 bits per heavy atom. The average Bonchev–Trinajstić information content (AvgIpc) is 3.10. The second-order valence-corrected chi connectivity index (χ2v) is 6.35. The van der Waals surface area contributed by atoms with Gasteiger partial charge in [0.1, 0.15) is 25.6 Å². The third-order valence-corrected chi connectivity index (χ3v) is 4.51. The highest BCUT2D eigenvalue weighted by Crippen LogP contribution is 2.28. The molecule has 1 aliphatic rings. The summed E-state index contributed by atoms with van der Waals surface area (Å²) in [6, 6.07) is 14.8. The van der Waals surface area contributed by atoms with Gasteiger partial charge in [0.05, 0.1) is 5.71 Å². The molecule has 1 heterocycles. The van der Waals surface area contributed by atoms with E-state index in [9.17, 15) is 14.0 Å². The van der Waals surface area contributed by atoms with E-state index in [-0.39, 0.29) is 24.8 Å². The number of hydrogen-bond acceptors (Lipinski definition) is 5. The topological polar surface area (TPSA) is 68.2 Å². The normalized spacial score (nSPS) is 16.8. The Morgan fingerprint density at radius 1 is 1.18 bits per heavy atom. The SMILES string of the molecule is CON=C(CCCC(=O)N1C(=O)OC[C@@H]1c1ccccc1)c1ccc(F)cc1. The van der Waals surface area contributed by atoms with Crippen molar-refractivity contribution in [3.05, 3.63) is 71.5 Å². The second-order valence-electron chi connectivity index (χ2n) is 6.35. The van der Waals surface area contributed by atoms with Crippen molar-refractivity contribution in [2.45, 2.75) is 25.3 Å². The highest BCUT2D eigenvalue weighted by atomic mass is 19.1. The first-order valence-electron chi connectivity index (χ1n) is 9.00. The summed E-state index contributed by atoms with van der Waals surface area (Å²) < 4.78 is 18.2. The van der Waals surface area contributed by atoms with E-state index in [1.165, 1.54) is 24.1 Å². The van der Waals surface area contributed by atoms with Gasteiger partial charge in [-0.15, -0.1) is 0 Å². The molecule has 146 valence electrons. The van der Waals surface area contributed by atoms with Crippen molar-refractivity contribution in [2.24, 2.45) is 5.16 Å². The maximum atomic E-state index is 13.1. The van der Waals surface area contributed by atoms with E-state index >= 15 is 0 Å². The first kappa shape index (κ1) is 19.5. The van der Waals surface area contributed by atoms with Gasteiger partial charge in [-0.05, 0) is 36.1 Å². The van der Waals surface area contributed by atoms with Crippen molar-refractivity contribution in [3.8, 4) is 0 Å². The predicted molar refractivity (Wildman–Crippen MR) is 101 cm³/mol. The average molecular weight is 384 g/mol. The van der Waals surface area contributed by atoms with Crippen molar-refractivity contribution in [2.75, 3.05) is 13.7 Å². The highest BCUT2D eigenvalue weighted by Gasteiger charge is 2.38. The zero-order chi connectivity index (χ0) is 19.9. The van der Waals surface area contributed by atoms with Crippen LogP contribution in [0.4, 0.5) is 9.18 Å². The Balaban J connectivity index is 1.63. The number of cyclic esters (lactones) is 1. The lowest BCUT2D eigenvalue weighted by atomic mass is 10.0. The fraction of sp³-hybridized carbons (Fsp3) is 0.286. The molecule has 0 N–H and O–H groups in total. The number of oxime groups is 1. The number of ether oxygens (including phenoxy) is 1. The first-order valence-corrected chi connectivity index (χ1v) is 9.00. The Hall–Kier alpha value is -3.22. The minimum absolute atomic E-state index is 0.153. The summed E-state index contributed by atoms with van der Waals surface area (Å²) in [5.41, 5.74) is 2.19. The van der Waals surface area contributed by atoms with Gasteiger partial charge in [-0.25, -0.2) is 14.1 Å². The molecule has 1 aliphatic heterocycles. The number of amides is 2. The Labute approximate surface area is 162 Å². The van der Waals surface area contributed by atoms with E-state index in [1.807, 2.05) is 30.3 Å². The van der Waals surface area contributed by atoms with Gasteiger partial charge in [0.25, 0.3) is 0 Å². The number of rotatable bonds is 7. The van der Waals surface area contributed by atoms with Gasteiger partial charge >= 0.3 is 6.09 Å². The van der Waals surface area contributed by atoms with Crippen LogP contribution in [0.2, 0.25) is 0 Å². The summed E-state index contributed by atoms with van der Waals surface area (Å²) in [5.74, 6) is -0.637. The Kier molecular flexibility index (Phi) is 6.37. The lowest BCUT2D eigenvalue weighted by molar-refractivity contribution is -0.129. The molecule has 28 heavy (non-hydrogen) atoms. The monoisotopic (exact) mass is 384 g/mol. The summed E-state index contributed by atoms with van der Waals surface area (Å²) in [6.07, 6.45) is 0.444. The summed E-state index contributed by atoms with van der Waals surface area (Å²) in [4.78, 5) is 30.8. The van der Waals surface area contributed by atoms with E-state index in [1.54, 1.807) is 12.1 Å². The van der Waals surface area contributed by atoms with Gasteiger partial charge in [-0.3, -0.25) is 4.79 Å². The van der Waals surface area contributed by atoms with E-state index < -0.39 is 12.1 Å². The molecule has 0 aromatic heterocycles. The molecular formula is C21H21FN2O4. The fourth-order valence-electron chi connectivity index (χ4n) is 3.14. The maximum absolute atomic E-state index is 13.1. The number of imide groups is 1. The van der Waals surface area contributed by atoms with Crippen molar-refractivity contribution in [1.29, 1.82) is 0 Å². The number of carbonyl (C=O) groups is 2. The molecule has 0 spiro atoms. The first-order chi connectivity index (χ1) is 13.6. The van der Waals surface area contributed by atoms with Crippen LogP contribution >= 0.6 is 0 Å². The van der Waals surface area contributed by atoms with Crippen LogP contribution in [0.5, 0.6) is 0 Å². The molecule has 1 atom stereocenters. The summed E-state index contributed by atoms with van der Waals surface area (Å²) in [5, 5.41) is 3.97. The van der Waals surface area contributed by atoms with Crippen molar-refractivity contribution >= 4 is 17.7 Å². The van der Waals surface area contributed by atoms with Gasteiger partial charge in [-0.1, -0.05) is 47.6 Å². The van der Waals surface area contributed by atoms with Crippen LogP contribution in [0.25, 0.3) is 0 Å². The smallest absolute Gasteiger partial charge is 0.417 e. The number of nitrogens with zero attached hydrogens (tertiary/aromatic N) is 2. The lowest BCUT2D eigenvalue weighted by Crippen LogP contribution is -2.34. The van der Waals surface area contributed by atoms with E-state index in [4.69, 9.17) is 9.57 Å².